The summed E-state index contributed by atoms with van der Waals surface area (Å²) in [6.07, 6.45) is 0. The van der Waals surface area contributed by atoms with Crippen molar-refractivity contribution in [2.24, 2.45) is 11.8 Å². The number of amides is 1. The van der Waals surface area contributed by atoms with Gasteiger partial charge in [-0.15, -0.1) is 0 Å². The van der Waals surface area contributed by atoms with E-state index in [9.17, 15) is 9.59 Å². The summed E-state index contributed by atoms with van der Waals surface area (Å²) in [5.74, 6) is -0.974. The lowest BCUT2D eigenvalue weighted by Gasteiger charge is -2.18. The molecule has 0 N–H and O–H groups in total. The molecular formula is C9H17NO3. The third-order valence-corrected chi connectivity index (χ3v) is 1.50. The Balaban J connectivity index is 4.08. The molecule has 0 atom stereocenters. The van der Waals surface area contributed by atoms with Crippen molar-refractivity contribution in [1.82, 2.24) is 5.06 Å². The smallest absolute Gasteiger partial charge is 0.335 e. The Labute approximate surface area is 78.8 Å². The molecule has 0 aromatic carbocycles. The molecule has 0 bridgehead atoms. The van der Waals surface area contributed by atoms with Gasteiger partial charge in [-0.05, 0) is 0 Å². The Bertz CT molecular complexity index is 199. The molecule has 0 rings (SSSR count). The van der Waals surface area contributed by atoms with E-state index in [0.29, 0.717) is 0 Å². The SMILES string of the molecule is CC(C)C(=O)ON(C)C(=O)C(C)C. The molecule has 1 amide bonds. The topological polar surface area (TPSA) is 46.6 Å². The van der Waals surface area contributed by atoms with Crippen LogP contribution in [-0.2, 0) is 14.4 Å². The molecule has 0 aromatic rings. The highest BCUT2D eigenvalue weighted by atomic mass is 16.7. The number of carbonyl (C=O) groups is 2. The maximum absolute atomic E-state index is 11.2. The molecule has 0 spiro atoms. The second kappa shape index (κ2) is 4.84. The van der Waals surface area contributed by atoms with Gasteiger partial charge in [-0.3, -0.25) is 4.79 Å². The van der Waals surface area contributed by atoms with E-state index >= 15 is 0 Å². The summed E-state index contributed by atoms with van der Waals surface area (Å²) in [6.45, 7) is 6.94. The lowest BCUT2D eigenvalue weighted by molar-refractivity contribution is -0.197. The number of rotatable bonds is 2. The number of hydrogen-bond acceptors (Lipinski definition) is 3. The van der Waals surface area contributed by atoms with Crippen molar-refractivity contribution in [3.05, 3.63) is 0 Å². The van der Waals surface area contributed by atoms with Crippen LogP contribution in [-0.4, -0.2) is 24.0 Å². The molecule has 4 nitrogen and oxygen atoms in total. The highest BCUT2D eigenvalue weighted by Gasteiger charge is 2.18. The van der Waals surface area contributed by atoms with Crippen molar-refractivity contribution in [2.75, 3.05) is 7.05 Å². The van der Waals surface area contributed by atoms with Crippen molar-refractivity contribution in [3.63, 3.8) is 0 Å². The van der Waals surface area contributed by atoms with Crippen molar-refractivity contribution in [3.8, 4) is 0 Å². The molecule has 76 valence electrons. The zero-order chi connectivity index (χ0) is 10.6. The number of carbonyl (C=O) groups excluding carboxylic acids is 2. The summed E-state index contributed by atoms with van der Waals surface area (Å²) in [5, 5.41) is 0.993. The molecule has 0 aromatic heterocycles. The van der Waals surface area contributed by atoms with Crippen LogP contribution in [0.3, 0.4) is 0 Å². The van der Waals surface area contributed by atoms with Crippen LogP contribution in [0.2, 0.25) is 0 Å². The van der Waals surface area contributed by atoms with Crippen molar-refractivity contribution >= 4 is 11.9 Å². The fourth-order valence-corrected chi connectivity index (χ4v) is 0.649. The van der Waals surface area contributed by atoms with E-state index in [1.54, 1.807) is 27.7 Å². The predicted molar refractivity (Wildman–Crippen MR) is 48.5 cm³/mol. The van der Waals surface area contributed by atoms with Gasteiger partial charge in [-0.25, -0.2) is 4.79 Å². The van der Waals surface area contributed by atoms with E-state index in [2.05, 4.69) is 0 Å². The summed E-state index contributed by atoms with van der Waals surface area (Å²) in [5.41, 5.74) is 0. The van der Waals surface area contributed by atoms with Gasteiger partial charge in [0.25, 0.3) is 5.91 Å². The Morgan fingerprint density at radius 1 is 1.08 bits per heavy atom. The standard InChI is InChI=1S/C9H17NO3/c1-6(2)8(11)10(5)13-9(12)7(3)4/h6-7H,1-5H3. The number of hydrogen-bond donors (Lipinski definition) is 0. The second-order valence-corrected chi connectivity index (χ2v) is 3.56. The third kappa shape index (κ3) is 3.92. The first-order valence-electron chi connectivity index (χ1n) is 4.35. The molecule has 0 fully saturated rings. The summed E-state index contributed by atoms with van der Waals surface area (Å²) >= 11 is 0. The molecule has 0 aliphatic heterocycles. The molecular weight excluding hydrogens is 170 g/mol. The Morgan fingerprint density at radius 3 is 1.85 bits per heavy atom. The van der Waals surface area contributed by atoms with Crippen LogP contribution in [0, 0.1) is 11.8 Å². The fraction of sp³-hybridized carbons (Fsp3) is 0.778. The molecule has 13 heavy (non-hydrogen) atoms. The van der Waals surface area contributed by atoms with Gasteiger partial charge in [0.1, 0.15) is 0 Å². The first-order chi connectivity index (χ1) is 5.86. The summed E-state index contributed by atoms with van der Waals surface area (Å²) in [7, 11) is 1.45. The van der Waals surface area contributed by atoms with Crippen LogP contribution in [0.4, 0.5) is 0 Å². The average molecular weight is 187 g/mol. The third-order valence-electron chi connectivity index (χ3n) is 1.50. The highest BCUT2D eigenvalue weighted by Crippen LogP contribution is 2.03. The maximum Gasteiger partial charge on any atom is 0.335 e. The van der Waals surface area contributed by atoms with Gasteiger partial charge in [0.15, 0.2) is 0 Å². The number of nitrogens with zero attached hydrogens (tertiary/aromatic N) is 1. The minimum absolute atomic E-state index is 0.162. The quantitative estimate of drug-likeness (QED) is 0.610. The molecule has 4 heteroatoms. The van der Waals surface area contributed by atoms with Crippen LogP contribution in [0.25, 0.3) is 0 Å². The van der Waals surface area contributed by atoms with Crippen LogP contribution >= 0.6 is 0 Å². The average Bonchev–Trinajstić information content (AvgIpc) is 2.02. The van der Waals surface area contributed by atoms with Crippen LogP contribution < -0.4 is 0 Å². The van der Waals surface area contributed by atoms with Gasteiger partial charge in [-0.2, -0.15) is 5.06 Å². The maximum atomic E-state index is 11.2. The monoisotopic (exact) mass is 187 g/mol. The van der Waals surface area contributed by atoms with Gasteiger partial charge in [0.05, 0.1) is 5.92 Å². The Kier molecular flexibility index (Phi) is 4.45. The molecule has 0 unspecified atom stereocenters. The predicted octanol–water partition coefficient (Wildman–Crippen LogP) is 1.21. The van der Waals surface area contributed by atoms with Crippen molar-refractivity contribution < 1.29 is 14.4 Å². The van der Waals surface area contributed by atoms with Gasteiger partial charge in [0, 0.05) is 13.0 Å². The molecule has 0 saturated carbocycles. The molecule has 0 heterocycles. The normalized spacial score (nSPS) is 10.4. The zero-order valence-corrected chi connectivity index (χ0v) is 8.83. The van der Waals surface area contributed by atoms with E-state index in [1.807, 2.05) is 0 Å². The lowest BCUT2D eigenvalue weighted by Crippen LogP contribution is -2.34. The van der Waals surface area contributed by atoms with Crippen LogP contribution in [0.15, 0.2) is 0 Å². The number of hydroxylamine groups is 2. The van der Waals surface area contributed by atoms with Crippen LogP contribution in [0.5, 0.6) is 0 Å². The van der Waals surface area contributed by atoms with E-state index in [-0.39, 0.29) is 17.7 Å². The first kappa shape index (κ1) is 11.9. The van der Waals surface area contributed by atoms with Crippen molar-refractivity contribution in [2.45, 2.75) is 27.7 Å². The minimum Gasteiger partial charge on any atom is -0.338 e. The van der Waals surface area contributed by atoms with Crippen molar-refractivity contribution in [1.29, 1.82) is 0 Å². The summed E-state index contributed by atoms with van der Waals surface area (Å²) in [4.78, 5) is 27.1. The minimum atomic E-state index is -0.392. The molecule has 0 saturated heterocycles. The Hall–Kier alpha value is -1.06. The second-order valence-electron chi connectivity index (χ2n) is 3.56. The fourth-order valence-electron chi connectivity index (χ4n) is 0.649. The van der Waals surface area contributed by atoms with Crippen LogP contribution in [0.1, 0.15) is 27.7 Å². The van der Waals surface area contributed by atoms with Gasteiger partial charge in [0.2, 0.25) is 0 Å². The zero-order valence-electron chi connectivity index (χ0n) is 8.83. The van der Waals surface area contributed by atoms with E-state index in [0.717, 1.165) is 5.06 Å². The van der Waals surface area contributed by atoms with E-state index in [1.165, 1.54) is 7.05 Å². The van der Waals surface area contributed by atoms with Gasteiger partial charge < -0.3 is 4.84 Å². The summed E-state index contributed by atoms with van der Waals surface area (Å²) < 4.78 is 0. The Morgan fingerprint density at radius 2 is 1.54 bits per heavy atom. The molecule has 0 aliphatic carbocycles. The first-order valence-corrected chi connectivity index (χ1v) is 4.35. The highest BCUT2D eigenvalue weighted by molar-refractivity contribution is 5.79. The largest absolute Gasteiger partial charge is 0.338 e. The van der Waals surface area contributed by atoms with Gasteiger partial charge in [-0.1, -0.05) is 27.7 Å². The van der Waals surface area contributed by atoms with E-state index in [4.69, 9.17) is 4.84 Å². The molecule has 0 aliphatic rings. The lowest BCUT2D eigenvalue weighted by atomic mass is 10.2. The summed E-state index contributed by atoms with van der Waals surface area (Å²) in [6, 6.07) is 0. The van der Waals surface area contributed by atoms with Gasteiger partial charge >= 0.3 is 5.97 Å². The molecule has 0 radical (unpaired) electrons. The van der Waals surface area contributed by atoms with E-state index < -0.39 is 5.97 Å².